The zero-order valence-electron chi connectivity index (χ0n) is 33.1. The molecule has 0 radical (unpaired) electrons. The van der Waals surface area contributed by atoms with Crippen molar-refractivity contribution in [3.8, 4) is 0 Å². The summed E-state index contributed by atoms with van der Waals surface area (Å²) >= 11 is 0. The topological polar surface area (TPSA) is 66.6 Å². The van der Waals surface area contributed by atoms with E-state index in [4.69, 9.17) is 10.8 Å². The average molecular weight is 691 g/mol. The zero-order chi connectivity index (χ0) is 38.2. The Morgan fingerprint density at radius 1 is 0.979 bits per heavy atom. The summed E-state index contributed by atoms with van der Waals surface area (Å²) in [6.45, 7) is 35.7. The molecule has 0 aliphatic carbocycles. The van der Waals surface area contributed by atoms with Gasteiger partial charge in [-0.2, -0.15) is 0 Å². The molecule has 0 aliphatic rings. The number of aliphatic carboxylic acids is 1. The Balaban J connectivity index is -0.000000392. The molecule has 0 saturated heterocycles. The van der Waals surface area contributed by atoms with Gasteiger partial charge in [0.15, 0.2) is 0 Å². The number of alkyl halides is 1. The van der Waals surface area contributed by atoms with Gasteiger partial charge in [-0.1, -0.05) is 163 Å². The van der Waals surface area contributed by atoms with Gasteiger partial charge >= 0.3 is 5.97 Å². The van der Waals surface area contributed by atoms with E-state index in [-0.39, 0.29) is 5.41 Å². The summed E-state index contributed by atoms with van der Waals surface area (Å²) in [7, 11) is 1.56. The van der Waals surface area contributed by atoms with Gasteiger partial charge in [-0.05, 0) is 81.9 Å². The molecule has 0 aromatic heterocycles. The molecular formula is C42H76FN2O2P. The molecule has 0 fully saturated rings. The molecule has 0 saturated carbocycles. The molecule has 1 rings (SSSR count). The van der Waals surface area contributed by atoms with Crippen LogP contribution in [0, 0.1) is 11.8 Å². The lowest BCUT2D eigenvalue weighted by molar-refractivity contribution is -0.144. The number of nitrogens with zero attached hydrogens (tertiary/aromatic N) is 1. The number of rotatable bonds is 16. The fourth-order valence-electron chi connectivity index (χ4n) is 4.07. The van der Waals surface area contributed by atoms with Crippen molar-refractivity contribution in [3.05, 3.63) is 96.7 Å². The normalized spacial score (nSPS) is 13.7. The van der Waals surface area contributed by atoms with Crippen molar-refractivity contribution in [3.63, 3.8) is 0 Å². The summed E-state index contributed by atoms with van der Waals surface area (Å²) in [4.78, 5) is 12.3. The molecule has 1 aromatic carbocycles. The van der Waals surface area contributed by atoms with Gasteiger partial charge < -0.3 is 10.8 Å². The molecule has 3 N–H and O–H groups in total. The molecule has 278 valence electrons. The predicted molar refractivity (Wildman–Crippen MR) is 219 cm³/mol. The minimum atomic E-state index is -2.17. The molecule has 4 atom stereocenters. The Hall–Kier alpha value is -2.33. The van der Waals surface area contributed by atoms with Crippen molar-refractivity contribution in [2.75, 3.05) is 19.6 Å². The van der Waals surface area contributed by atoms with E-state index in [2.05, 4.69) is 116 Å². The number of carboxylic acid groups (broad SMARTS) is 1. The lowest BCUT2D eigenvalue weighted by Crippen LogP contribution is -2.31. The Bertz CT molecular complexity index is 992. The van der Waals surface area contributed by atoms with Crippen LogP contribution in [0.15, 0.2) is 85.5 Å². The molecule has 0 amide bonds. The van der Waals surface area contributed by atoms with Crippen molar-refractivity contribution in [1.82, 2.24) is 4.90 Å². The van der Waals surface area contributed by atoms with E-state index in [1.165, 1.54) is 48.9 Å². The molecule has 0 spiro atoms. The highest BCUT2D eigenvalue weighted by molar-refractivity contribution is 7.20. The first kappa shape index (κ1) is 52.5. The maximum Gasteiger partial charge on any atom is 0.344 e. The largest absolute Gasteiger partial charge is 0.479 e. The summed E-state index contributed by atoms with van der Waals surface area (Å²) in [6, 6.07) is 9.25. The molecule has 0 aliphatic heterocycles. The highest BCUT2D eigenvalue weighted by Gasteiger charge is 2.25. The van der Waals surface area contributed by atoms with Crippen molar-refractivity contribution in [1.29, 1.82) is 0 Å². The van der Waals surface area contributed by atoms with E-state index in [9.17, 15) is 9.18 Å². The predicted octanol–water partition coefficient (Wildman–Crippen LogP) is 12.1. The van der Waals surface area contributed by atoms with Gasteiger partial charge in [-0.15, -0.1) is 0 Å². The summed E-state index contributed by atoms with van der Waals surface area (Å²) in [5, 5.41) is 5.69. The van der Waals surface area contributed by atoms with E-state index < -0.39 is 11.4 Å². The molecule has 1 aromatic rings. The second-order valence-electron chi connectivity index (χ2n) is 12.8. The first-order valence-electron chi connectivity index (χ1n) is 17.9. The van der Waals surface area contributed by atoms with E-state index in [1.54, 1.807) is 21.4 Å². The fourth-order valence-corrected chi connectivity index (χ4v) is 4.07. The molecule has 0 bridgehead atoms. The Morgan fingerprint density at radius 3 is 1.79 bits per heavy atom. The standard InChI is InChI=1S/C26H46N2.C7H12.C4H6.C3H6FO2P.C2H6/c1-8-21(4)18-28(19-23(10-3)12-11-22(9-2)17-27)20-24-13-15-25(16-14-24)26(5,6)7;1-3-5-7-6-4-2;1-3-4-2;1-3(4,7)2(5)6;1-2/h8,13-16,22-23H,9-12,17-20,27H2,1-7H3;3,5-7H,4H2,1-2H3;3-4H,1-2H2;7H2,1H3,(H,5,6);1-2H3/b21-8+;5-3-,7-6-;;;. The van der Waals surface area contributed by atoms with Gasteiger partial charge in [0.2, 0.25) is 5.41 Å². The molecule has 4 unspecified atom stereocenters. The van der Waals surface area contributed by atoms with Crippen LogP contribution < -0.4 is 5.73 Å². The third kappa shape index (κ3) is 32.2. The molecule has 6 heteroatoms. The lowest BCUT2D eigenvalue weighted by Gasteiger charge is -2.29. The molecular weight excluding hydrogens is 614 g/mol. The Kier molecular flexibility index (Phi) is 36.3. The summed E-state index contributed by atoms with van der Waals surface area (Å²) < 4.78 is 11.9. The smallest absolute Gasteiger partial charge is 0.344 e. The maximum absolute atomic E-state index is 11.9. The van der Waals surface area contributed by atoms with Crippen LogP contribution in [-0.2, 0) is 16.8 Å². The number of nitrogens with two attached hydrogens (primary N) is 1. The van der Waals surface area contributed by atoms with Crippen LogP contribution in [0.5, 0.6) is 0 Å². The quantitative estimate of drug-likeness (QED) is 0.103. The number of allylic oxidation sites excluding steroid dienone is 7. The highest BCUT2D eigenvalue weighted by atomic mass is 31.0. The maximum atomic E-state index is 11.9. The third-order valence-electron chi connectivity index (χ3n) is 7.44. The lowest BCUT2D eigenvalue weighted by atomic mass is 9.86. The Morgan fingerprint density at radius 2 is 1.46 bits per heavy atom. The van der Waals surface area contributed by atoms with Crippen molar-refractivity contribution in [2.24, 2.45) is 17.6 Å². The monoisotopic (exact) mass is 691 g/mol. The number of halogens is 1. The average Bonchev–Trinajstić information content (AvgIpc) is 3.05. The minimum Gasteiger partial charge on any atom is -0.479 e. The number of hydrogen-bond acceptors (Lipinski definition) is 3. The SMILES string of the molecule is C/C=C(\C)CN(Cc1ccc(C(C)(C)C)cc1)CC(CC)CCC(CC)CN.C/C=C\C=C/CC.C=CC=C.CC.CC(F)(P)C(=O)O. The van der Waals surface area contributed by atoms with Gasteiger partial charge in [-0.3, -0.25) is 4.90 Å². The summed E-state index contributed by atoms with van der Waals surface area (Å²) in [5.41, 5.74) is 10.4. The Labute approximate surface area is 300 Å². The van der Waals surface area contributed by atoms with Crippen molar-refractivity contribution in [2.45, 2.75) is 133 Å². The van der Waals surface area contributed by atoms with Crippen molar-refractivity contribution >= 4 is 15.2 Å². The van der Waals surface area contributed by atoms with Gasteiger partial charge in [0.1, 0.15) is 0 Å². The highest BCUT2D eigenvalue weighted by Crippen LogP contribution is 2.24. The second kappa shape index (κ2) is 33.2. The molecule has 0 heterocycles. The number of carboxylic acids is 1. The van der Waals surface area contributed by atoms with E-state index in [0.29, 0.717) is 5.92 Å². The zero-order valence-corrected chi connectivity index (χ0v) is 34.3. The van der Waals surface area contributed by atoms with E-state index >= 15 is 0 Å². The second-order valence-corrected chi connectivity index (χ2v) is 13.9. The van der Waals surface area contributed by atoms with Gasteiger partial charge in [0.25, 0.3) is 0 Å². The van der Waals surface area contributed by atoms with Crippen LogP contribution in [0.4, 0.5) is 4.39 Å². The molecule has 48 heavy (non-hydrogen) atoms. The van der Waals surface area contributed by atoms with Crippen LogP contribution >= 0.6 is 9.24 Å². The minimum absolute atomic E-state index is 0.214. The van der Waals surface area contributed by atoms with Crippen LogP contribution in [0.2, 0.25) is 0 Å². The van der Waals surface area contributed by atoms with Crippen LogP contribution in [0.1, 0.15) is 126 Å². The van der Waals surface area contributed by atoms with Gasteiger partial charge in [-0.25, -0.2) is 9.18 Å². The van der Waals surface area contributed by atoms with E-state index in [0.717, 1.165) is 38.9 Å². The fraction of sp³-hybridized carbons (Fsp3) is 0.595. The summed E-state index contributed by atoms with van der Waals surface area (Å²) in [5.74, 6) is -0.0266. The van der Waals surface area contributed by atoms with Crippen molar-refractivity contribution < 1.29 is 14.3 Å². The first-order valence-corrected chi connectivity index (χ1v) is 18.4. The number of benzene rings is 1. The van der Waals surface area contributed by atoms with Gasteiger partial charge in [0.05, 0.1) is 0 Å². The number of carbonyl (C=O) groups is 1. The first-order chi connectivity index (χ1) is 22.5. The van der Waals surface area contributed by atoms with Gasteiger partial charge in [0, 0.05) is 19.6 Å². The summed E-state index contributed by atoms with van der Waals surface area (Å²) in [6.07, 6.45) is 19.9. The van der Waals surface area contributed by atoms with Crippen LogP contribution in [-0.4, -0.2) is 41.0 Å². The van der Waals surface area contributed by atoms with E-state index in [1.807, 2.05) is 32.9 Å². The van der Waals surface area contributed by atoms with Crippen LogP contribution in [0.3, 0.4) is 0 Å². The molecule has 4 nitrogen and oxygen atoms in total. The van der Waals surface area contributed by atoms with Crippen LogP contribution in [0.25, 0.3) is 0 Å². The number of hydrogen-bond donors (Lipinski definition) is 2. The third-order valence-corrected chi connectivity index (χ3v) is 7.69.